The molecule has 3 N–H and O–H groups in total. The molecule has 0 aliphatic carbocycles. The lowest BCUT2D eigenvalue weighted by atomic mass is 9.79. The Hall–Kier alpha value is -2.13. The summed E-state index contributed by atoms with van der Waals surface area (Å²) in [6.07, 6.45) is 14.3. The predicted octanol–water partition coefficient (Wildman–Crippen LogP) is 7.21. The number of carbonyl (C=O) groups is 1. The molecular weight excluding hydrogens is 755 g/mol. The number of fused-ring (bicyclic) bond motifs is 5. The molecule has 9 heterocycles. The van der Waals surface area contributed by atoms with Gasteiger partial charge in [-0.05, 0) is 80.4 Å². The smallest absolute Gasteiger partial charge is 0.303 e. The second-order valence-electron chi connectivity index (χ2n) is 20.3. The number of carboxylic acids is 1. The molecule has 12 heteroatoms. The van der Waals surface area contributed by atoms with Crippen LogP contribution in [-0.4, -0.2) is 101 Å². The van der Waals surface area contributed by atoms with Crippen molar-refractivity contribution in [3.8, 4) is 0 Å². The first-order valence-electron chi connectivity index (χ1n) is 22.9. The van der Waals surface area contributed by atoms with E-state index in [2.05, 4.69) is 59.5 Å². The summed E-state index contributed by atoms with van der Waals surface area (Å²) in [6.45, 7) is 18.9. The fourth-order valence-electron chi connectivity index (χ4n) is 12.4. The van der Waals surface area contributed by atoms with Crippen LogP contribution in [0.2, 0.25) is 0 Å². The fraction of sp³-hybridized carbons (Fsp3) is 0.809. The standard InChI is InChI=1S/C47H69NO11/c1-26-18-37-43-38(24-46(58-43)31(6)17-27(2)25-48-46)56-45(22-26,55-37)23-30(5)41-28(3)19-29(4)42(53-41)40(51)36-21-35-34(52-36)20-32(7)47(57-35)16-15-44(59-47)14-10-12-33(54-44)11-8-9-13-39(49)50/h8,10-11,14,26-28,31-38,40-41,43,48,51H,5,9,12-13,15-25H2,1-4,6-7H3,(H,49,50)/b11-8+/t26-,27+,28-,31-,32+,33+,34+,35+,36-,37+,38+,40+,41-,43+,44-,45-,46-,47+/m0/s1. The second kappa shape index (κ2) is 15.9. The molecule has 18 atom stereocenters. The molecule has 7 fully saturated rings. The summed E-state index contributed by atoms with van der Waals surface area (Å²) in [4.78, 5) is 11.0. The zero-order chi connectivity index (χ0) is 41.5. The van der Waals surface area contributed by atoms with Crippen molar-refractivity contribution in [3.05, 3.63) is 47.8 Å². The number of hydrogen-bond acceptors (Lipinski definition) is 11. The molecule has 12 nitrogen and oxygen atoms in total. The number of allylic oxidation sites excluding steroid dienone is 2. The van der Waals surface area contributed by atoms with Crippen LogP contribution in [0, 0.1) is 29.6 Å². The Morgan fingerprint density at radius 3 is 2.56 bits per heavy atom. The van der Waals surface area contributed by atoms with Crippen LogP contribution >= 0.6 is 0 Å². The number of hydrogen-bond donors (Lipinski definition) is 3. The maximum Gasteiger partial charge on any atom is 0.303 e. The van der Waals surface area contributed by atoms with E-state index in [4.69, 9.17) is 43.0 Å². The molecule has 0 aromatic rings. The molecule has 0 saturated carbocycles. The quantitative estimate of drug-likeness (QED) is 0.202. The van der Waals surface area contributed by atoms with Crippen molar-refractivity contribution in [2.45, 2.75) is 203 Å². The van der Waals surface area contributed by atoms with E-state index in [1.165, 1.54) is 0 Å². The van der Waals surface area contributed by atoms with E-state index in [-0.39, 0.29) is 66.7 Å². The number of piperidine rings is 1. The Bertz CT molecular complexity index is 1720. The first-order valence-corrected chi connectivity index (χ1v) is 22.9. The van der Waals surface area contributed by atoms with Crippen LogP contribution in [0.3, 0.4) is 0 Å². The molecule has 7 saturated heterocycles. The summed E-state index contributed by atoms with van der Waals surface area (Å²) in [5, 5.41) is 24.8. The molecule has 328 valence electrons. The summed E-state index contributed by atoms with van der Waals surface area (Å²) >= 11 is 0. The molecule has 9 aliphatic heterocycles. The topological polar surface area (TPSA) is 143 Å². The predicted molar refractivity (Wildman–Crippen MR) is 218 cm³/mol. The number of nitrogens with one attached hydrogen (secondary N) is 1. The highest BCUT2D eigenvalue weighted by Gasteiger charge is 2.63. The van der Waals surface area contributed by atoms with Crippen molar-refractivity contribution in [2.24, 2.45) is 29.6 Å². The fourth-order valence-corrected chi connectivity index (χ4v) is 12.4. The molecule has 0 amide bonds. The highest BCUT2D eigenvalue weighted by atomic mass is 16.8. The minimum Gasteiger partial charge on any atom is -0.487 e. The van der Waals surface area contributed by atoms with Gasteiger partial charge in [0.05, 0.1) is 36.6 Å². The van der Waals surface area contributed by atoms with Crippen molar-refractivity contribution >= 4 is 5.97 Å². The van der Waals surface area contributed by atoms with Crippen molar-refractivity contribution in [3.63, 3.8) is 0 Å². The van der Waals surface area contributed by atoms with E-state index < -0.39 is 35.5 Å². The third-order valence-corrected chi connectivity index (χ3v) is 15.3. The first-order chi connectivity index (χ1) is 28.1. The lowest BCUT2D eigenvalue weighted by Crippen LogP contribution is -2.59. The van der Waals surface area contributed by atoms with Gasteiger partial charge in [-0.25, -0.2) is 0 Å². The molecule has 0 aromatic carbocycles. The van der Waals surface area contributed by atoms with E-state index >= 15 is 0 Å². The Morgan fingerprint density at radius 1 is 0.949 bits per heavy atom. The van der Waals surface area contributed by atoms with Crippen molar-refractivity contribution in [1.82, 2.24) is 5.32 Å². The normalized spacial score (nSPS) is 49.7. The maximum atomic E-state index is 12.0. The highest BCUT2D eigenvalue weighted by Crippen LogP contribution is 2.55. The molecule has 9 aliphatic rings. The van der Waals surface area contributed by atoms with E-state index in [9.17, 15) is 9.90 Å². The van der Waals surface area contributed by atoms with Crippen LogP contribution < -0.4 is 5.32 Å². The van der Waals surface area contributed by atoms with Crippen molar-refractivity contribution in [2.75, 3.05) is 6.54 Å². The van der Waals surface area contributed by atoms with Gasteiger partial charge in [0.15, 0.2) is 17.4 Å². The van der Waals surface area contributed by atoms with Crippen molar-refractivity contribution in [1.29, 1.82) is 0 Å². The SMILES string of the molecule is C=C(C[C@@]12C[C@@H](C)C[C@@H](O1)[C@H]1O[C@]3(C[C@H]1O2)NC[C@H](C)C[C@@H]3C)[C@H]1OC([C@H](O)[C@@H]2C[C@H]3O[C@@]4(CC[C@]5(C=CC[C@@H](/C=C/CCC(=O)O)O5)O4)[C@H](C)C[C@H]3O2)=C(C)C[C@@H]1C. The van der Waals surface area contributed by atoms with Crippen LogP contribution in [0.25, 0.3) is 0 Å². The van der Waals surface area contributed by atoms with Gasteiger partial charge in [-0.3, -0.25) is 10.1 Å². The summed E-state index contributed by atoms with van der Waals surface area (Å²) in [5.74, 6) is -1.11. The second-order valence-corrected chi connectivity index (χ2v) is 20.3. The van der Waals surface area contributed by atoms with Gasteiger partial charge in [-0.2, -0.15) is 0 Å². The van der Waals surface area contributed by atoms with Gasteiger partial charge < -0.3 is 48.1 Å². The third-order valence-electron chi connectivity index (χ3n) is 15.3. The zero-order valence-electron chi connectivity index (χ0n) is 36.1. The number of aliphatic hydroxyl groups excluding tert-OH is 1. The molecule has 9 rings (SSSR count). The van der Waals surface area contributed by atoms with Crippen LogP contribution in [0.4, 0.5) is 0 Å². The third kappa shape index (κ3) is 7.94. The van der Waals surface area contributed by atoms with Gasteiger partial charge in [0, 0.05) is 63.3 Å². The monoisotopic (exact) mass is 823 g/mol. The Labute approximate surface area is 350 Å². The number of aliphatic carboxylic acids is 1. The average Bonchev–Trinajstić information content (AvgIpc) is 3.86. The van der Waals surface area contributed by atoms with E-state index in [0.717, 1.165) is 56.2 Å². The van der Waals surface area contributed by atoms with Crippen LogP contribution in [0.5, 0.6) is 0 Å². The average molecular weight is 824 g/mol. The summed E-state index contributed by atoms with van der Waals surface area (Å²) in [6, 6.07) is 0. The van der Waals surface area contributed by atoms with Crippen LogP contribution in [0.1, 0.15) is 125 Å². The minimum atomic E-state index is -0.952. The van der Waals surface area contributed by atoms with Gasteiger partial charge >= 0.3 is 5.97 Å². The molecule has 59 heavy (non-hydrogen) atoms. The van der Waals surface area contributed by atoms with Gasteiger partial charge in [-0.1, -0.05) is 59.4 Å². The summed E-state index contributed by atoms with van der Waals surface area (Å²) in [5.41, 5.74) is 1.59. The minimum absolute atomic E-state index is 0.0304. The van der Waals surface area contributed by atoms with Crippen LogP contribution in [0.15, 0.2) is 47.8 Å². The van der Waals surface area contributed by atoms with Gasteiger partial charge in [-0.15, -0.1) is 0 Å². The number of rotatable bonds is 9. The van der Waals surface area contributed by atoms with Gasteiger partial charge in [0.25, 0.3) is 0 Å². The first kappa shape index (κ1) is 42.2. The van der Waals surface area contributed by atoms with E-state index in [0.29, 0.717) is 62.0 Å². The number of aliphatic hydroxyl groups is 1. The molecule has 0 aromatic heterocycles. The van der Waals surface area contributed by atoms with Gasteiger partial charge in [0.2, 0.25) is 0 Å². The van der Waals surface area contributed by atoms with Crippen LogP contribution in [-0.2, 0) is 42.7 Å². The van der Waals surface area contributed by atoms with Gasteiger partial charge in [0.1, 0.15) is 29.8 Å². The molecule has 2 bridgehead atoms. The van der Waals surface area contributed by atoms with Crippen molar-refractivity contribution < 1.29 is 52.9 Å². The summed E-state index contributed by atoms with van der Waals surface area (Å²) < 4.78 is 54.5. The number of ether oxygens (including phenoxy) is 8. The molecular formula is C47H69NO11. The largest absolute Gasteiger partial charge is 0.487 e. The summed E-state index contributed by atoms with van der Waals surface area (Å²) in [7, 11) is 0. The zero-order valence-corrected chi connectivity index (χ0v) is 36.1. The van der Waals surface area contributed by atoms with E-state index in [1.54, 1.807) is 0 Å². The molecule has 0 unspecified atom stereocenters. The molecule has 3 spiro atoms. The highest BCUT2D eigenvalue weighted by molar-refractivity contribution is 5.66. The Balaban J connectivity index is 0.835. The lowest BCUT2D eigenvalue weighted by molar-refractivity contribution is -0.364. The Kier molecular flexibility index (Phi) is 11.4. The maximum absolute atomic E-state index is 12.0. The molecule has 0 radical (unpaired) electrons. The lowest BCUT2D eigenvalue weighted by Gasteiger charge is -2.52. The Morgan fingerprint density at radius 2 is 1.76 bits per heavy atom. The number of carboxylic acid groups (broad SMARTS) is 1. The van der Waals surface area contributed by atoms with E-state index in [1.807, 2.05) is 18.2 Å².